The Morgan fingerprint density at radius 2 is 2.09 bits per heavy atom. The number of fused-ring (bicyclic) bond motifs is 1. The smallest absolute Gasteiger partial charge is 0.416 e. The first-order chi connectivity index (χ1) is 16.4. The van der Waals surface area contributed by atoms with Crippen LogP contribution in [-0.4, -0.2) is 72.3 Å². The zero-order chi connectivity index (χ0) is 24.3. The second kappa shape index (κ2) is 9.75. The lowest BCUT2D eigenvalue weighted by Gasteiger charge is -2.26. The van der Waals surface area contributed by atoms with Crippen molar-refractivity contribution in [3.63, 3.8) is 0 Å². The maximum atomic E-state index is 11.9. The minimum atomic E-state index is -1.17. The molecule has 4 heterocycles. The molecule has 3 aromatic heterocycles. The van der Waals surface area contributed by atoms with Crippen LogP contribution in [0, 0.1) is 0 Å². The van der Waals surface area contributed by atoms with Gasteiger partial charge in [-0.25, -0.2) is 14.8 Å². The molecule has 2 N–H and O–H groups in total. The Morgan fingerprint density at radius 3 is 2.74 bits per heavy atom. The van der Waals surface area contributed by atoms with Gasteiger partial charge in [-0.05, 0) is 6.07 Å². The third-order valence-electron chi connectivity index (χ3n) is 5.68. The molecule has 1 amide bonds. The van der Waals surface area contributed by atoms with Gasteiger partial charge in [0.25, 0.3) is 0 Å². The Balaban J connectivity index is 1.90. The van der Waals surface area contributed by atoms with Gasteiger partial charge < -0.3 is 29.4 Å². The summed E-state index contributed by atoms with van der Waals surface area (Å²) in [5.41, 5.74) is 1.25. The van der Waals surface area contributed by atoms with Crippen LogP contribution >= 0.6 is 0 Å². The van der Waals surface area contributed by atoms with Crippen molar-refractivity contribution in [2.45, 2.75) is 18.9 Å². The average molecular weight is 470 g/mol. The maximum Gasteiger partial charge on any atom is 0.416 e. The lowest BCUT2D eigenvalue weighted by Crippen LogP contribution is -2.30. The highest BCUT2D eigenvalue weighted by molar-refractivity contribution is 6.01. The minimum absolute atomic E-state index is 0.289. The van der Waals surface area contributed by atoms with Gasteiger partial charge in [-0.1, -0.05) is 0 Å². The normalized spacial score (nSPS) is 17.7. The van der Waals surface area contributed by atoms with E-state index in [1.807, 2.05) is 0 Å². The van der Waals surface area contributed by atoms with E-state index in [0.717, 1.165) is 4.57 Å². The standard InChI is InChI=1S/C23H26N4O7/c1-14(28)25-21-10-16-17(12-27(22(29)30)19(16)11-24-21)18-8-15(34-7-6-31-2)9-20(26-18)23(32-3)4-5-33-13-23/h8-12H,4-7,13H2,1-3H3,(H,29,30)(H,24,25,28)/t23-/m0/s1. The molecule has 0 radical (unpaired) electrons. The van der Waals surface area contributed by atoms with Crippen LogP contribution in [0.2, 0.25) is 0 Å². The number of carboxylic acid groups (broad SMARTS) is 1. The number of carbonyl (C=O) groups excluding carboxylic acids is 1. The van der Waals surface area contributed by atoms with Crippen molar-refractivity contribution in [1.29, 1.82) is 0 Å². The molecule has 0 bridgehead atoms. The fourth-order valence-electron chi connectivity index (χ4n) is 3.95. The van der Waals surface area contributed by atoms with E-state index < -0.39 is 11.7 Å². The molecule has 1 aliphatic heterocycles. The van der Waals surface area contributed by atoms with E-state index in [-0.39, 0.29) is 5.91 Å². The van der Waals surface area contributed by atoms with Crippen LogP contribution in [0.4, 0.5) is 10.6 Å². The Hall–Kier alpha value is -3.54. The quantitative estimate of drug-likeness (QED) is 0.477. The molecule has 0 spiro atoms. The van der Waals surface area contributed by atoms with Crippen molar-refractivity contribution in [2.75, 3.05) is 46.0 Å². The number of rotatable bonds is 8. The van der Waals surface area contributed by atoms with Crippen molar-refractivity contribution in [3.05, 3.63) is 36.3 Å². The van der Waals surface area contributed by atoms with Crippen LogP contribution in [-0.2, 0) is 24.6 Å². The molecule has 1 atom stereocenters. The van der Waals surface area contributed by atoms with Gasteiger partial charge in [0.05, 0.1) is 36.3 Å². The van der Waals surface area contributed by atoms with Gasteiger partial charge in [0.1, 0.15) is 23.8 Å². The van der Waals surface area contributed by atoms with Gasteiger partial charge in [0.15, 0.2) is 0 Å². The zero-order valence-corrected chi connectivity index (χ0v) is 19.2. The molecule has 0 saturated carbocycles. The number of ether oxygens (including phenoxy) is 4. The van der Waals surface area contributed by atoms with E-state index >= 15 is 0 Å². The average Bonchev–Trinajstić information content (AvgIpc) is 3.44. The second-order valence-electron chi connectivity index (χ2n) is 7.88. The first-order valence-electron chi connectivity index (χ1n) is 10.7. The van der Waals surface area contributed by atoms with Gasteiger partial charge >= 0.3 is 6.09 Å². The molecule has 11 nitrogen and oxygen atoms in total. The van der Waals surface area contributed by atoms with Crippen molar-refractivity contribution in [1.82, 2.24) is 14.5 Å². The predicted molar refractivity (Wildman–Crippen MR) is 122 cm³/mol. The molecule has 180 valence electrons. The summed E-state index contributed by atoms with van der Waals surface area (Å²) in [6.07, 6.45) is 2.32. The third-order valence-corrected chi connectivity index (χ3v) is 5.68. The lowest BCUT2D eigenvalue weighted by molar-refractivity contribution is -0.114. The first kappa shape index (κ1) is 23.6. The van der Waals surface area contributed by atoms with Gasteiger partial charge in [-0.3, -0.25) is 9.36 Å². The highest BCUT2D eigenvalue weighted by Crippen LogP contribution is 2.38. The summed E-state index contributed by atoms with van der Waals surface area (Å²) < 4.78 is 23.5. The van der Waals surface area contributed by atoms with Crippen molar-refractivity contribution < 1.29 is 33.6 Å². The molecular weight excluding hydrogens is 444 g/mol. The molecule has 11 heteroatoms. The number of methoxy groups -OCH3 is 2. The number of anilines is 1. The second-order valence-corrected chi connectivity index (χ2v) is 7.88. The summed E-state index contributed by atoms with van der Waals surface area (Å²) in [5.74, 6) is 0.547. The fraction of sp³-hybridized carbons (Fsp3) is 0.391. The zero-order valence-electron chi connectivity index (χ0n) is 19.2. The number of pyridine rings is 2. The Labute approximate surface area is 195 Å². The lowest BCUT2D eigenvalue weighted by atomic mass is 9.96. The van der Waals surface area contributed by atoms with Crippen molar-refractivity contribution in [3.8, 4) is 17.0 Å². The predicted octanol–water partition coefficient (Wildman–Crippen LogP) is 2.87. The SMILES string of the molecule is COCCOc1cc(-c2cn(C(=O)O)c3cnc(NC(C)=O)cc23)nc([C@]2(OC)CCOC2)c1. The minimum Gasteiger partial charge on any atom is -0.491 e. The van der Waals surface area contributed by atoms with Gasteiger partial charge in [-0.15, -0.1) is 0 Å². The van der Waals surface area contributed by atoms with E-state index in [1.165, 1.54) is 19.3 Å². The molecule has 1 fully saturated rings. The van der Waals surface area contributed by atoms with Gasteiger partial charge in [0, 0.05) is 63.5 Å². The molecule has 0 aliphatic carbocycles. The fourth-order valence-corrected chi connectivity index (χ4v) is 3.95. The van der Waals surface area contributed by atoms with Crippen LogP contribution in [0.25, 0.3) is 22.2 Å². The van der Waals surface area contributed by atoms with E-state index in [0.29, 0.717) is 72.3 Å². The molecule has 4 rings (SSSR count). The summed E-state index contributed by atoms with van der Waals surface area (Å²) in [6.45, 7) is 2.96. The largest absolute Gasteiger partial charge is 0.491 e. The third kappa shape index (κ3) is 4.58. The van der Waals surface area contributed by atoms with E-state index in [4.69, 9.17) is 23.9 Å². The Morgan fingerprint density at radius 1 is 1.26 bits per heavy atom. The molecular formula is C23H26N4O7. The Bertz CT molecular complexity index is 1220. The van der Waals surface area contributed by atoms with Crippen LogP contribution in [0.3, 0.4) is 0 Å². The molecule has 0 unspecified atom stereocenters. The Kier molecular flexibility index (Phi) is 6.77. The number of hydrogen-bond donors (Lipinski definition) is 2. The number of hydrogen-bond acceptors (Lipinski definition) is 8. The topological polar surface area (TPSA) is 134 Å². The number of carbonyl (C=O) groups is 2. The summed E-state index contributed by atoms with van der Waals surface area (Å²) in [7, 11) is 3.19. The molecule has 1 saturated heterocycles. The van der Waals surface area contributed by atoms with E-state index in [2.05, 4.69) is 10.3 Å². The van der Waals surface area contributed by atoms with Crippen molar-refractivity contribution in [2.24, 2.45) is 0 Å². The van der Waals surface area contributed by atoms with Crippen LogP contribution in [0.5, 0.6) is 5.75 Å². The highest BCUT2D eigenvalue weighted by atomic mass is 16.6. The van der Waals surface area contributed by atoms with Crippen LogP contribution in [0.1, 0.15) is 19.0 Å². The van der Waals surface area contributed by atoms with Gasteiger partial charge in [-0.2, -0.15) is 0 Å². The van der Waals surface area contributed by atoms with Crippen LogP contribution < -0.4 is 10.1 Å². The first-order valence-corrected chi connectivity index (χ1v) is 10.7. The van der Waals surface area contributed by atoms with Gasteiger partial charge in [0.2, 0.25) is 5.91 Å². The summed E-state index contributed by atoms with van der Waals surface area (Å²) in [5, 5.41) is 12.9. The van der Waals surface area contributed by atoms with E-state index in [9.17, 15) is 14.7 Å². The maximum absolute atomic E-state index is 11.9. The monoisotopic (exact) mass is 470 g/mol. The molecule has 34 heavy (non-hydrogen) atoms. The number of aromatic nitrogens is 3. The number of nitrogens with one attached hydrogen (secondary N) is 1. The molecule has 0 aromatic carbocycles. The van der Waals surface area contributed by atoms with E-state index in [1.54, 1.807) is 32.4 Å². The van der Waals surface area contributed by atoms with Crippen molar-refractivity contribution >= 4 is 28.7 Å². The highest BCUT2D eigenvalue weighted by Gasteiger charge is 2.39. The molecule has 3 aromatic rings. The van der Waals surface area contributed by atoms with Crippen LogP contribution in [0.15, 0.2) is 30.6 Å². The number of amides is 1. The summed E-state index contributed by atoms with van der Waals surface area (Å²) in [6, 6.07) is 5.16. The molecule has 1 aliphatic rings. The summed E-state index contributed by atoms with van der Waals surface area (Å²) in [4.78, 5) is 32.4. The number of nitrogens with zero attached hydrogens (tertiary/aromatic N) is 3. The summed E-state index contributed by atoms with van der Waals surface area (Å²) >= 11 is 0.